The Bertz CT molecular complexity index is 449. The zero-order valence-corrected chi connectivity index (χ0v) is 10.3. The fraction of sp³-hybridized carbons (Fsp3) is 0.545. The van der Waals surface area contributed by atoms with Gasteiger partial charge in [0.05, 0.1) is 11.3 Å². The fourth-order valence-electron chi connectivity index (χ4n) is 2.17. The van der Waals surface area contributed by atoms with Crippen LogP contribution in [0.25, 0.3) is 0 Å². The van der Waals surface area contributed by atoms with Gasteiger partial charge in [-0.3, -0.25) is 4.79 Å². The Morgan fingerprint density at radius 2 is 2.12 bits per heavy atom. The quantitative estimate of drug-likeness (QED) is 0.858. The summed E-state index contributed by atoms with van der Waals surface area (Å²) in [6, 6.07) is 0. The first-order chi connectivity index (χ1) is 8.05. The van der Waals surface area contributed by atoms with Gasteiger partial charge in [-0.25, -0.2) is 4.79 Å². The molecule has 1 aromatic heterocycles. The van der Waals surface area contributed by atoms with Crippen LogP contribution in [0.15, 0.2) is 5.38 Å². The zero-order valence-electron chi connectivity index (χ0n) is 9.52. The minimum absolute atomic E-state index is 0.333. The number of nitrogens with zero attached hydrogens (tertiary/aromatic N) is 1. The van der Waals surface area contributed by atoms with Gasteiger partial charge in [0.2, 0.25) is 0 Å². The predicted octanol–water partition coefficient (Wildman–Crippen LogP) is 1.58. The molecule has 5 nitrogen and oxygen atoms in total. The summed E-state index contributed by atoms with van der Waals surface area (Å²) >= 11 is 1.20. The molecule has 1 fully saturated rings. The van der Waals surface area contributed by atoms with Crippen molar-refractivity contribution in [2.45, 2.75) is 38.1 Å². The van der Waals surface area contributed by atoms with Crippen LogP contribution in [0.3, 0.4) is 0 Å². The first-order valence-corrected chi connectivity index (χ1v) is 6.36. The van der Waals surface area contributed by atoms with Gasteiger partial charge in [0.25, 0.3) is 5.91 Å². The maximum Gasteiger partial charge on any atom is 0.329 e. The van der Waals surface area contributed by atoms with E-state index in [0.29, 0.717) is 24.1 Å². The fourth-order valence-corrected chi connectivity index (χ4v) is 2.86. The molecule has 1 amide bonds. The molecule has 1 aliphatic carbocycles. The summed E-state index contributed by atoms with van der Waals surface area (Å²) in [7, 11) is 0. The van der Waals surface area contributed by atoms with Crippen molar-refractivity contribution >= 4 is 23.4 Å². The Balaban J connectivity index is 2.17. The molecule has 0 radical (unpaired) electrons. The van der Waals surface area contributed by atoms with Crippen molar-refractivity contribution in [3.63, 3.8) is 0 Å². The molecule has 0 saturated heterocycles. The Kier molecular flexibility index (Phi) is 3.15. The van der Waals surface area contributed by atoms with Crippen molar-refractivity contribution in [2.75, 3.05) is 0 Å². The minimum Gasteiger partial charge on any atom is -0.480 e. The standard InChI is InChI=1S/C11H14N2O3S/c1-7-8(6-17-13-7)9(14)12-11(10(15)16)4-2-3-5-11/h6H,2-5H2,1H3,(H,12,14)(H,15,16). The van der Waals surface area contributed by atoms with Gasteiger partial charge >= 0.3 is 5.97 Å². The normalized spacial score (nSPS) is 17.9. The van der Waals surface area contributed by atoms with Crippen molar-refractivity contribution in [2.24, 2.45) is 0 Å². The van der Waals surface area contributed by atoms with Gasteiger partial charge < -0.3 is 10.4 Å². The lowest BCUT2D eigenvalue weighted by Gasteiger charge is -2.25. The van der Waals surface area contributed by atoms with Crippen molar-refractivity contribution < 1.29 is 14.7 Å². The van der Waals surface area contributed by atoms with Gasteiger partial charge in [-0.15, -0.1) is 0 Å². The SMILES string of the molecule is Cc1nscc1C(=O)NC1(C(=O)O)CCCC1. The topological polar surface area (TPSA) is 79.3 Å². The van der Waals surface area contributed by atoms with Gasteiger partial charge in [0, 0.05) is 5.38 Å². The molecule has 1 aromatic rings. The van der Waals surface area contributed by atoms with E-state index in [1.807, 2.05) is 0 Å². The van der Waals surface area contributed by atoms with Crippen LogP contribution >= 0.6 is 11.5 Å². The smallest absolute Gasteiger partial charge is 0.329 e. The lowest BCUT2D eigenvalue weighted by atomic mass is 9.97. The number of hydrogen-bond acceptors (Lipinski definition) is 4. The molecule has 1 saturated carbocycles. The largest absolute Gasteiger partial charge is 0.480 e. The van der Waals surface area contributed by atoms with E-state index >= 15 is 0 Å². The molecule has 2 N–H and O–H groups in total. The van der Waals surface area contributed by atoms with Crippen LogP contribution in [0.2, 0.25) is 0 Å². The van der Waals surface area contributed by atoms with E-state index in [9.17, 15) is 14.7 Å². The van der Waals surface area contributed by atoms with Gasteiger partial charge in [0.1, 0.15) is 5.54 Å². The first kappa shape index (κ1) is 12.0. The minimum atomic E-state index is -1.08. The summed E-state index contributed by atoms with van der Waals surface area (Å²) in [6.07, 6.45) is 2.69. The molecule has 1 aliphatic rings. The number of aliphatic carboxylic acids is 1. The van der Waals surface area contributed by atoms with Gasteiger partial charge in [0.15, 0.2) is 0 Å². The number of carbonyl (C=O) groups is 2. The van der Waals surface area contributed by atoms with Crippen LogP contribution < -0.4 is 5.32 Å². The van der Waals surface area contributed by atoms with Crippen LogP contribution in [-0.4, -0.2) is 26.9 Å². The summed E-state index contributed by atoms with van der Waals surface area (Å²) < 4.78 is 4.01. The lowest BCUT2D eigenvalue weighted by molar-refractivity contribution is -0.144. The summed E-state index contributed by atoms with van der Waals surface area (Å²) in [5.41, 5.74) is 0.0411. The van der Waals surface area contributed by atoms with Crippen LogP contribution in [0.1, 0.15) is 41.7 Å². The van der Waals surface area contributed by atoms with Crippen molar-refractivity contribution in [3.05, 3.63) is 16.6 Å². The highest BCUT2D eigenvalue weighted by molar-refractivity contribution is 7.03. The van der Waals surface area contributed by atoms with E-state index in [1.54, 1.807) is 12.3 Å². The number of aromatic nitrogens is 1. The Hall–Kier alpha value is -1.43. The number of amides is 1. The van der Waals surface area contributed by atoms with Crippen molar-refractivity contribution in [1.29, 1.82) is 0 Å². The number of nitrogens with one attached hydrogen (secondary N) is 1. The van der Waals surface area contributed by atoms with Crippen LogP contribution in [0.5, 0.6) is 0 Å². The molecular formula is C11H14N2O3S. The Morgan fingerprint density at radius 1 is 1.47 bits per heavy atom. The number of rotatable bonds is 3. The molecule has 0 aromatic carbocycles. The van der Waals surface area contributed by atoms with E-state index in [1.165, 1.54) is 11.5 Å². The second kappa shape index (κ2) is 4.44. The lowest BCUT2D eigenvalue weighted by Crippen LogP contribution is -2.52. The second-order valence-corrected chi connectivity index (χ2v) is 4.99. The van der Waals surface area contributed by atoms with Gasteiger partial charge in [-0.2, -0.15) is 4.37 Å². The van der Waals surface area contributed by atoms with Gasteiger partial charge in [-0.05, 0) is 31.3 Å². The summed E-state index contributed by atoms with van der Waals surface area (Å²) in [5.74, 6) is -1.27. The molecule has 17 heavy (non-hydrogen) atoms. The molecular weight excluding hydrogens is 240 g/mol. The molecule has 0 bridgehead atoms. The summed E-state index contributed by atoms with van der Waals surface area (Å²) in [6.45, 7) is 1.74. The highest BCUT2D eigenvalue weighted by atomic mass is 32.1. The molecule has 0 aliphatic heterocycles. The number of carboxylic acids is 1. The van der Waals surface area contributed by atoms with Crippen molar-refractivity contribution in [1.82, 2.24) is 9.69 Å². The molecule has 0 unspecified atom stereocenters. The van der Waals surface area contributed by atoms with E-state index in [0.717, 1.165) is 12.8 Å². The Labute approximate surface area is 103 Å². The zero-order chi connectivity index (χ0) is 12.5. The predicted molar refractivity (Wildman–Crippen MR) is 63.2 cm³/mol. The second-order valence-electron chi connectivity index (χ2n) is 4.36. The Morgan fingerprint density at radius 3 is 2.59 bits per heavy atom. The first-order valence-electron chi connectivity index (χ1n) is 5.52. The molecule has 1 heterocycles. The van der Waals surface area contributed by atoms with E-state index in [4.69, 9.17) is 0 Å². The van der Waals surface area contributed by atoms with Gasteiger partial charge in [-0.1, -0.05) is 12.8 Å². The summed E-state index contributed by atoms with van der Waals surface area (Å²) in [4.78, 5) is 23.3. The van der Waals surface area contributed by atoms with E-state index in [2.05, 4.69) is 9.69 Å². The average molecular weight is 254 g/mol. The third-order valence-corrected chi connectivity index (χ3v) is 3.93. The van der Waals surface area contributed by atoms with Crippen molar-refractivity contribution in [3.8, 4) is 0 Å². The third-order valence-electron chi connectivity index (χ3n) is 3.21. The molecule has 0 atom stereocenters. The van der Waals surface area contributed by atoms with Crippen LogP contribution in [0.4, 0.5) is 0 Å². The van der Waals surface area contributed by atoms with Crippen LogP contribution in [0, 0.1) is 6.92 Å². The number of aryl methyl sites for hydroxylation is 1. The summed E-state index contributed by atoms with van der Waals surface area (Å²) in [5, 5.41) is 13.6. The van der Waals surface area contributed by atoms with Crippen LogP contribution in [-0.2, 0) is 4.79 Å². The van der Waals surface area contributed by atoms with E-state index in [-0.39, 0.29) is 5.91 Å². The third kappa shape index (κ3) is 2.17. The van der Waals surface area contributed by atoms with E-state index < -0.39 is 11.5 Å². The maximum absolute atomic E-state index is 12.0. The number of hydrogen-bond donors (Lipinski definition) is 2. The highest BCUT2D eigenvalue weighted by Gasteiger charge is 2.42. The molecule has 6 heteroatoms. The highest BCUT2D eigenvalue weighted by Crippen LogP contribution is 2.30. The molecule has 2 rings (SSSR count). The number of carbonyl (C=O) groups excluding carboxylic acids is 1. The molecule has 0 spiro atoms. The molecule has 92 valence electrons. The number of carboxylic acid groups (broad SMARTS) is 1. The average Bonchev–Trinajstić information content (AvgIpc) is 2.87. The monoisotopic (exact) mass is 254 g/mol. The maximum atomic E-state index is 12.0.